The van der Waals surface area contributed by atoms with Crippen LogP contribution in [-0.2, 0) is 13.0 Å². The molecule has 0 bridgehead atoms. The quantitative estimate of drug-likeness (QED) is 0.842. The first-order valence-electron chi connectivity index (χ1n) is 7.32. The first-order valence-corrected chi connectivity index (χ1v) is 7.32. The van der Waals surface area contributed by atoms with Crippen molar-refractivity contribution in [3.05, 3.63) is 47.5 Å². The molecule has 1 atom stereocenters. The van der Waals surface area contributed by atoms with Gasteiger partial charge in [-0.25, -0.2) is 4.98 Å². The number of hydrogen-bond acceptors (Lipinski definition) is 3. The molecule has 0 radical (unpaired) electrons. The molecule has 4 heteroatoms. The van der Waals surface area contributed by atoms with E-state index >= 15 is 0 Å². The van der Waals surface area contributed by atoms with E-state index in [0.717, 1.165) is 31.8 Å². The van der Waals surface area contributed by atoms with Crippen LogP contribution in [0.4, 0.5) is 0 Å². The monoisotopic (exact) mass is 272 g/mol. The summed E-state index contributed by atoms with van der Waals surface area (Å²) in [5.74, 6) is 1.51. The zero-order valence-corrected chi connectivity index (χ0v) is 12.6. The second-order valence-electron chi connectivity index (χ2n) is 5.27. The summed E-state index contributed by atoms with van der Waals surface area (Å²) in [5.41, 5.74) is 2.67. The Morgan fingerprint density at radius 3 is 2.90 bits per heavy atom. The van der Waals surface area contributed by atoms with Crippen molar-refractivity contribution >= 4 is 0 Å². The van der Waals surface area contributed by atoms with Crippen molar-refractivity contribution in [3.8, 4) is 0 Å². The molecule has 0 aliphatic heterocycles. The van der Waals surface area contributed by atoms with Gasteiger partial charge in [0.2, 0.25) is 0 Å². The van der Waals surface area contributed by atoms with Crippen molar-refractivity contribution in [1.29, 1.82) is 0 Å². The van der Waals surface area contributed by atoms with Crippen LogP contribution in [0.15, 0.2) is 30.6 Å². The van der Waals surface area contributed by atoms with Gasteiger partial charge in [0.05, 0.1) is 0 Å². The van der Waals surface area contributed by atoms with Gasteiger partial charge in [0.15, 0.2) is 0 Å². The number of benzene rings is 1. The van der Waals surface area contributed by atoms with Crippen molar-refractivity contribution < 1.29 is 0 Å². The van der Waals surface area contributed by atoms with Crippen LogP contribution in [-0.4, -0.2) is 28.4 Å². The van der Waals surface area contributed by atoms with Crippen LogP contribution in [0.2, 0.25) is 0 Å². The summed E-state index contributed by atoms with van der Waals surface area (Å²) in [6.45, 7) is 6.19. The van der Waals surface area contributed by atoms with Crippen LogP contribution in [0.25, 0.3) is 0 Å². The highest BCUT2D eigenvalue weighted by Crippen LogP contribution is 2.20. The van der Waals surface area contributed by atoms with Crippen molar-refractivity contribution in [3.63, 3.8) is 0 Å². The molecule has 0 fully saturated rings. The fourth-order valence-electron chi connectivity index (χ4n) is 2.54. The van der Waals surface area contributed by atoms with Gasteiger partial charge in [0.25, 0.3) is 0 Å². The zero-order valence-electron chi connectivity index (χ0n) is 12.6. The Morgan fingerprint density at radius 1 is 1.35 bits per heavy atom. The molecule has 108 valence electrons. The van der Waals surface area contributed by atoms with Crippen molar-refractivity contribution in [2.45, 2.75) is 39.2 Å². The minimum Gasteiger partial charge on any atom is -0.319 e. The Bertz CT molecular complexity index is 533. The molecule has 0 saturated carbocycles. The van der Waals surface area contributed by atoms with Crippen molar-refractivity contribution in [1.82, 2.24) is 20.1 Å². The summed E-state index contributed by atoms with van der Waals surface area (Å²) in [4.78, 5) is 4.43. The van der Waals surface area contributed by atoms with Gasteiger partial charge >= 0.3 is 0 Å². The van der Waals surface area contributed by atoms with Gasteiger partial charge in [-0.3, -0.25) is 4.68 Å². The Hall–Kier alpha value is -1.68. The van der Waals surface area contributed by atoms with E-state index in [0.29, 0.717) is 5.92 Å². The van der Waals surface area contributed by atoms with Gasteiger partial charge in [-0.05, 0) is 26.0 Å². The van der Waals surface area contributed by atoms with Gasteiger partial charge in [-0.1, -0.05) is 36.8 Å². The molecule has 0 amide bonds. The van der Waals surface area contributed by atoms with E-state index < -0.39 is 0 Å². The number of nitrogens with zero attached hydrogens (tertiary/aromatic N) is 3. The van der Waals surface area contributed by atoms with Gasteiger partial charge < -0.3 is 5.32 Å². The number of rotatable bonds is 7. The van der Waals surface area contributed by atoms with Crippen LogP contribution >= 0.6 is 0 Å². The molecule has 1 unspecified atom stereocenters. The lowest BCUT2D eigenvalue weighted by atomic mass is 9.94. The van der Waals surface area contributed by atoms with Gasteiger partial charge in [0, 0.05) is 25.4 Å². The number of hydrogen-bond donors (Lipinski definition) is 1. The molecule has 1 N–H and O–H groups in total. The maximum absolute atomic E-state index is 4.43. The Labute approximate surface area is 121 Å². The van der Waals surface area contributed by atoms with Gasteiger partial charge in [-0.15, -0.1) is 0 Å². The predicted molar refractivity (Wildman–Crippen MR) is 81.9 cm³/mol. The van der Waals surface area contributed by atoms with Crippen LogP contribution in [0.5, 0.6) is 0 Å². The van der Waals surface area contributed by atoms with E-state index in [-0.39, 0.29) is 0 Å². The lowest BCUT2D eigenvalue weighted by Crippen LogP contribution is -2.21. The highest BCUT2D eigenvalue weighted by molar-refractivity contribution is 5.26. The third kappa shape index (κ3) is 3.67. The highest BCUT2D eigenvalue weighted by atomic mass is 15.3. The SMILES string of the molecule is CCCn1ncnc1CC(CNC)c1cccc(C)c1. The largest absolute Gasteiger partial charge is 0.319 e. The summed E-state index contributed by atoms with van der Waals surface area (Å²) in [5, 5.41) is 7.61. The third-order valence-electron chi connectivity index (χ3n) is 3.52. The third-order valence-corrected chi connectivity index (χ3v) is 3.52. The molecule has 2 aromatic rings. The Balaban J connectivity index is 2.18. The van der Waals surface area contributed by atoms with E-state index in [1.165, 1.54) is 11.1 Å². The van der Waals surface area contributed by atoms with Crippen LogP contribution in [0, 0.1) is 6.92 Å². The molecule has 2 rings (SSSR count). The van der Waals surface area contributed by atoms with Gasteiger partial charge in [-0.2, -0.15) is 5.10 Å². The van der Waals surface area contributed by atoms with Crippen LogP contribution in [0.3, 0.4) is 0 Å². The molecule has 4 nitrogen and oxygen atoms in total. The second kappa shape index (κ2) is 7.20. The average Bonchev–Trinajstić information content (AvgIpc) is 2.86. The summed E-state index contributed by atoms with van der Waals surface area (Å²) < 4.78 is 2.03. The number of nitrogens with one attached hydrogen (secondary N) is 1. The van der Waals surface area contributed by atoms with E-state index in [4.69, 9.17) is 0 Å². The standard InChI is InChI=1S/C16H24N4/c1-4-8-20-16(18-12-19-20)10-15(11-17-3)14-7-5-6-13(2)9-14/h5-7,9,12,15,17H,4,8,10-11H2,1-3H3. The molecule has 0 spiro atoms. The fourth-order valence-corrected chi connectivity index (χ4v) is 2.54. The first-order chi connectivity index (χ1) is 9.74. The molecule has 0 aliphatic rings. The van der Waals surface area contributed by atoms with E-state index in [9.17, 15) is 0 Å². The maximum atomic E-state index is 4.43. The molecule has 20 heavy (non-hydrogen) atoms. The molecular formula is C16H24N4. The smallest absolute Gasteiger partial charge is 0.138 e. The number of likely N-dealkylation sites (N-methyl/N-ethyl adjacent to an activating group) is 1. The molecular weight excluding hydrogens is 248 g/mol. The van der Waals surface area contributed by atoms with E-state index in [2.05, 4.69) is 53.5 Å². The summed E-state index contributed by atoms with van der Waals surface area (Å²) in [6, 6.07) is 8.74. The Morgan fingerprint density at radius 2 is 2.20 bits per heavy atom. The summed E-state index contributed by atoms with van der Waals surface area (Å²) in [7, 11) is 2.00. The fraction of sp³-hybridized carbons (Fsp3) is 0.500. The normalized spacial score (nSPS) is 12.6. The molecule has 1 aromatic heterocycles. The molecule has 1 heterocycles. The Kier molecular flexibility index (Phi) is 5.30. The van der Waals surface area contributed by atoms with Crippen LogP contribution < -0.4 is 5.32 Å². The second-order valence-corrected chi connectivity index (χ2v) is 5.27. The van der Waals surface area contributed by atoms with Crippen molar-refractivity contribution in [2.75, 3.05) is 13.6 Å². The van der Waals surface area contributed by atoms with Gasteiger partial charge in [0.1, 0.15) is 12.2 Å². The first kappa shape index (κ1) is 14.7. The minimum absolute atomic E-state index is 0.430. The lowest BCUT2D eigenvalue weighted by Gasteiger charge is -2.17. The molecule has 0 aliphatic carbocycles. The van der Waals surface area contributed by atoms with E-state index in [1.54, 1.807) is 6.33 Å². The predicted octanol–water partition coefficient (Wildman–Crippen LogP) is 2.54. The highest BCUT2D eigenvalue weighted by Gasteiger charge is 2.15. The molecule has 1 aromatic carbocycles. The zero-order chi connectivity index (χ0) is 14.4. The van der Waals surface area contributed by atoms with Crippen LogP contribution in [0.1, 0.15) is 36.2 Å². The topological polar surface area (TPSA) is 42.7 Å². The minimum atomic E-state index is 0.430. The molecule has 0 saturated heterocycles. The van der Waals surface area contributed by atoms with E-state index in [1.807, 2.05) is 11.7 Å². The lowest BCUT2D eigenvalue weighted by molar-refractivity contribution is 0.533. The maximum Gasteiger partial charge on any atom is 0.138 e. The van der Waals surface area contributed by atoms with Crippen molar-refractivity contribution in [2.24, 2.45) is 0 Å². The number of aromatic nitrogens is 3. The average molecular weight is 272 g/mol. The number of aryl methyl sites for hydroxylation is 2. The summed E-state index contributed by atoms with van der Waals surface area (Å²) in [6.07, 6.45) is 3.67. The summed E-state index contributed by atoms with van der Waals surface area (Å²) >= 11 is 0.